The van der Waals surface area contributed by atoms with Gasteiger partial charge in [-0.05, 0) is 66.1 Å². The van der Waals surface area contributed by atoms with Crippen molar-refractivity contribution in [3.8, 4) is 5.75 Å². The van der Waals surface area contributed by atoms with Gasteiger partial charge >= 0.3 is 12.1 Å². The van der Waals surface area contributed by atoms with Gasteiger partial charge in [0.25, 0.3) is 11.8 Å². The second-order valence-electron chi connectivity index (χ2n) is 11.0. The van der Waals surface area contributed by atoms with Crippen LogP contribution in [0, 0.1) is 11.7 Å². The number of anilines is 2. The molecular weight excluding hydrogens is 651 g/mol. The maximum atomic E-state index is 14.6. The Morgan fingerprint density at radius 2 is 1.73 bits per heavy atom. The molecule has 16 heteroatoms. The summed E-state index contributed by atoms with van der Waals surface area (Å²) >= 11 is 0. The lowest BCUT2D eigenvalue weighted by Gasteiger charge is -2.33. The van der Waals surface area contributed by atoms with E-state index in [1.54, 1.807) is 0 Å². The van der Waals surface area contributed by atoms with E-state index in [1.807, 2.05) is 0 Å². The Kier molecular flexibility index (Phi) is 9.38. The number of hydrogen-bond acceptors (Lipinski definition) is 10. The fourth-order valence-electron chi connectivity index (χ4n) is 5.88. The zero-order valence-corrected chi connectivity index (χ0v) is 26.7. The molecule has 5 rings (SSSR count). The smallest absolute Gasteiger partial charge is 0.411 e. The van der Waals surface area contributed by atoms with Crippen molar-refractivity contribution in [2.45, 2.75) is 30.3 Å². The Morgan fingerprint density at radius 3 is 2.40 bits per heavy atom. The number of imide groups is 1. The third-order valence-corrected chi connectivity index (χ3v) is 10.1. The maximum Gasteiger partial charge on any atom is 0.411 e. The highest BCUT2D eigenvalue weighted by molar-refractivity contribution is 7.91. The lowest BCUT2D eigenvalue weighted by atomic mass is 9.92. The predicted molar refractivity (Wildman–Crippen MR) is 168 cm³/mol. The summed E-state index contributed by atoms with van der Waals surface area (Å²) < 4.78 is 50.8. The predicted octanol–water partition coefficient (Wildman–Crippen LogP) is 3.52. The summed E-state index contributed by atoms with van der Waals surface area (Å²) in [5, 5.41) is 17.9. The molecule has 48 heavy (non-hydrogen) atoms. The first-order valence-electron chi connectivity index (χ1n) is 14.6. The Bertz CT molecular complexity index is 1950. The van der Waals surface area contributed by atoms with E-state index in [1.165, 1.54) is 67.5 Å². The normalized spacial score (nSPS) is 17.7. The number of hydrogen-bond donors (Lipinski definition) is 4. The third kappa shape index (κ3) is 6.38. The van der Waals surface area contributed by atoms with Crippen LogP contribution in [0.25, 0.3) is 0 Å². The molecule has 0 aromatic heterocycles. The van der Waals surface area contributed by atoms with Crippen molar-refractivity contribution in [2.75, 3.05) is 37.2 Å². The Morgan fingerprint density at radius 1 is 1.02 bits per heavy atom. The molecule has 0 radical (unpaired) electrons. The average molecular weight is 683 g/mol. The Labute approximate surface area is 274 Å². The Hall–Kier alpha value is -5.51. The summed E-state index contributed by atoms with van der Waals surface area (Å²) in [5.41, 5.74) is 0.670. The van der Waals surface area contributed by atoms with Crippen LogP contribution >= 0.6 is 0 Å². The number of benzene rings is 3. The number of fused-ring (bicyclic) bond motifs is 1. The lowest BCUT2D eigenvalue weighted by molar-refractivity contribution is -0.143. The molecule has 2 aliphatic heterocycles. The fourth-order valence-corrected chi connectivity index (χ4v) is 7.01. The summed E-state index contributed by atoms with van der Waals surface area (Å²) in [7, 11) is -1.61. The molecule has 14 nitrogen and oxygen atoms in total. The van der Waals surface area contributed by atoms with E-state index in [0.717, 1.165) is 13.2 Å². The number of likely N-dealkylation sites (tertiary alicyclic amines) is 1. The minimum Gasteiger partial charge on any atom is -0.494 e. The van der Waals surface area contributed by atoms with Crippen LogP contribution < -0.4 is 20.7 Å². The van der Waals surface area contributed by atoms with Crippen molar-refractivity contribution in [3.05, 3.63) is 82.7 Å². The summed E-state index contributed by atoms with van der Waals surface area (Å²) in [6.07, 6.45) is -0.910. The van der Waals surface area contributed by atoms with Crippen molar-refractivity contribution in [3.63, 3.8) is 0 Å². The quantitative estimate of drug-likeness (QED) is 0.228. The molecule has 1 fully saturated rings. The molecule has 0 spiro atoms. The molecule has 2 aliphatic rings. The molecular formula is C32H31FN4O10S. The molecule has 3 aromatic rings. The van der Waals surface area contributed by atoms with Gasteiger partial charge in [0.15, 0.2) is 21.4 Å². The van der Waals surface area contributed by atoms with Gasteiger partial charge in [0, 0.05) is 17.9 Å². The molecule has 2 unspecified atom stereocenters. The topological polar surface area (TPSA) is 198 Å². The largest absolute Gasteiger partial charge is 0.494 e. The number of carbonyl (C=O) groups is 5. The molecule has 252 valence electrons. The molecule has 4 amide bonds. The first kappa shape index (κ1) is 33.8. The summed E-state index contributed by atoms with van der Waals surface area (Å²) in [6.45, 7) is 1.30. The summed E-state index contributed by atoms with van der Waals surface area (Å²) in [4.78, 5) is 64.7. The number of carboxylic acid groups (broad SMARTS) is 1. The number of nitrogens with one attached hydrogen (secondary N) is 3. The van der Waals surface area contributed by atoms with E-state index in [4.69, 9.17) is 4.74 Å². The van der Waals surface area contributed by atoms with Crippen LogP contribution in [0.2, 0.25) is 0 Å². The van der Waals surface area contributed by atoms with Gasteiger partial charge in [-0.25, -0.2) is 17.6 Å². The van der Waals surface area contributed by atoms with E-state index in [-0.39, 0.29) is 63.0 Å². The summed E-state index contributed by atoms with van der Waals surface area (Å²) in [5.74, 6) is -5.73. The first-order valence-corrected chi connectivity index (χ1v) is 16.3. The number of carbonyl (C=O) groups excluding carboxylic acids is 4. The van der Waals surface area contributed by atoms with Crippen molar-refractivity contribution in [1.82, 2.24) is 10.2 Å². The van der Waals surface area contributed by atoms with Gasteiger partial charge < -0.3 is 24.8 Å². The van der Waals surface area contributed by atoms with Gasteiger partial charge in [-0.15, -0.1) is 0 Å². The van der Waals surface area contributed by atoms with Crippen LogP contribution in [0.3, 0.4) is 0 Å². The number of rotatable bonds is 10. The molecule has 0 bridgehead atoms. The van der Waals surface area contributed by atoms with Crippen LogP contribution in [0.1, 0.15) is 57.3 Å². The molecule has 3 atom stereocenters. The highest BCUT2D eigenvalue weighted by Crippen LogP contribution is 2.43. The van der Waals surface area contributed by atoms with Crippen molar-refractivity contribution < 1.29 is 51.4 Å². The molecule has 0 saturated carbocycles. The molecule has 1 saturated heterocycles. The van der Waals surface area contributed by atoms with Crippen LogP contribution in [0.15, 0.2) is 59.5 Å². The van der Waals surface area contributed by atoms with Crippen LogP contribution in [0.4, 0.5) is 20.6 Å². The van der Waals surface area contributed by atoms with Crippen molar-refractivity contribution in [2.24, 2.45) is 5.92 Å². The number of nitrogens with zero attached hydrogens (tertiary/aromatic N) is 1. The second kappa shape index (κ2) is 13.3. The van der Waals surface area contributed by atoms with E-state index >= 15 is 0 Å². The van der Waals surface area contributed by atoms with Gasteiger partial charge in [-0.2, -0.15) is 0 Å². The van der Waals surface area contributed by atoms with Crippen LogP contribution in [-0.4, -0.2) is 74.7 Å². The standard InChI is InChI=1S/C32H31FN4O10S/c1-4-48(44,45)25-10-7-18(35-32(43)47-3)15-22(25)27-20(31(41)42)11-12-37(27)30(40)26(16-5-9-23(33)24(13-16)46-2)34-17-6-8-19-21(14-17)29(39)36-28(19)38/h5-10,13-15,20,26-27,34H,4,11-12H2,1-3H3,(H,35,43)(H,41,42)(H,36,38,39)/t20?,26-,27?/m0/s1. The zero-order valence-electron chi connectivity index (χ0n) is 25.9. The molecule has 2 heterocycles. The molecule has 3 aromatic carbocycles. The van der Waals surface area contributed by atoms with E-state index in [2.05, 4.69) is 20.7 Å². The molecule has 4 N–H and O–H groups in total. The van der Waals surface area contributed by atoms with Gasteiger partial charge in [0.2, 0.25) is 5.91 Å². The number of carboxylic acids is 1. The second-order valence-corrected chi connectivity index (χ2v) is 13.2. The van der Waals surface area contributed by atoms with Gasteiger partial charge in [-0.1, -0.05) is 13.0 Å². The number of amides is 4. The minimum atomic E-state index is -3.98. The fraction of sp³-hybridized carbons (Fsp3) is 0.281. The van der Waals surface area contributed by atoms with Crippen LogP contribution in [0.5, 0.6) is 5.75 Å². The highest BCUT2D eigenvalue weighted by Gasteiger charge is 2.46. The number of halogens is 1. The third-order valence-electron chi connectivity index (χ3n) is 8.28. The zero-order chi connectivity index (χ0) is 34.9. The first-order chi connectivity index (χ1) is 22.8. The van der Waals surface area contributed by atoms with E-state index in [9.17, 15) is 41.9 Å². The van der Waals surface area contributed by atoms with Crippen molar-refractivity contribution in [1.29, 1.82) is 0 Å². The van der Waals surface area contributed by atoms with Crippen molar-refractivity contribution >= 4 is 51.0 Å². The van der Waals surface area contributed by atoms with Crippen LogP contribution in [-0.2, 0) is 24.2 Å². The number of aliphatic carboxylic acids is 1. The van der Waals surface area contributed by atoms with Gasteiger partial charge in [-0.3, -0.25) is 29.8 Å². The number of ether oxygens (including phenoxy) is 2. The van der Waals surface area contributed by atoms with E-state index < -0.39 is 63.4 Å². The van der Waals surface area contributed by atoms with Gasteiger partial charge in [0.05, 0.1) is 48.0 Å². The Balaban J connectivity index is 1.65. The SMILES string of the molecule is CCS(=O)(=O)c1ccc(NC(=O)OC)cc1C1C(C(=O)O)CCN1C(=O)[C@@H](Nc1ccc2c(c1)C(=O)NC2=O)c1ccc(F)c(OC)c1. The number of methoxy groups -OCH3 is 2. The van der Waals surface area contributed by atoms with Gasteiger partial charge in [0.1, 0.15) is 6.04 Å². The lowest BCUT2D eigenvalue weighted by Crippen LogP contribution is -2.40. The average Bonchev–Trinajstić information content (AvgIpc) is 3.64. The molecule has 0 aliphatic carbocycles. The minimum absolute atomic E-state index is 0.0350. The van der Waals surface area contributed by atoms with E-state index in [0.29, 0.717) is 0 Å². The monoisotopic (exact) mass is 682 g/mol. The summed E-state index contributed by atoms with van der Waals surface area (Å²) in [6, 6.07) is 9.08. The maximum absolute atomic E-state index is 14.6. The highest BCUT2D eigenvalue weighted by atomic mass is 32.2. The number of sulfone groups is 1.